The van der Waals surface area contributed by atoms with Gasteiger partial charge >= 0.3 is 0 Å². The maximum Gasteiger partial charge on any atom is 0.200 e. The summed E-state index contributed by atoms with van der Waals surface area (Å²) in [6, 6.07) is 6.78. The van der Waals surface area contributed by atoms with Gasteiger partial charge in [0.2, 0.25) is 0 Å². The zero-order chi connectivity index (χ0) is 13.2. The normalized spacial score (nSPS) is 15.7. The first-order chi connectivity index (χ1) is 9.28. The summed E-state index contributed by atoms with van der Waals surface area (Å²) in [5, 5.41) is 0.538. The van der Waals surface area contributed by atoms with Crippen LogP contribution in [0.4, 0.5) is 5.88 Å². The largest absolute Gasteiger partial charge is 0.497 e. The standard InChI is InChI=1S/C14H15NO4/c1-17-10-2-3-13-11(8-10)12(16)9-14(19-13)15-4-6-18-7-5-15/h2-3,8-9H,4-7H2,1H3/i1-1. The van der Waals surface area contributed by atoms with Gasteiger partial charge in [0.15, 0.2) is 11.3 Å². The van der Waals surface area contributed by atoms with Crippen molar-refractivity contribution in [2.24, 2.45) is 0 Å². The van der Waals surface area contributed by atoms with Crippen LogP contribution < -0.4 is 15.1 Å². The van der Waals surface area contributed by atoms with Crippen molar-refractivity contribution in [2.45, 2.75) is 0 Å². The first kappa shape index (κ1) is 12.0. The number of ether oxygens (including phenoxy) is 2. The molecule has 1 aromatic carbocycles. The van der Waals surface area contributed by atoms with Crippen molar-refractivity contribution in [3.63, 3.8) is 0 Å². The summed E-state index contributed by atoms with van der Waals surface area (Å²) < 4.78 is 16.2. The zero-order valence-corrected chi connectivity index (χ0v) is 10.7. The van der Waals surface area contributed by atoms with E-state index in [1.165, 1.54) is 6.07 Å². The Bertz CT molecular complexity index is 643. The second kappa shape index (κ2) is 4.93. The van der Waals surface area contributed by atoms with Crippen molar-refractivity contribution in [1.29, 1.82) is 0 Å². The van der Waals surface area contributed by atoms with Crippen LogP contribution in [0, 0.1) is 0 Å². The summed E-state index contributed by atoms with van der Waals surface area (Å²) >= 11 is 0. The Balaban J connectivity index is 2.06. The predicted molar refractivity (Wildman–Crippen MR) is 72.1 cm³/mol. The number of benzene rings is 1. The Morgan fingerprint density at radius 3 is 2.74 bits per heavy atom. The fourth-order valence-electron chi connectivity index (χ4n) is 2.19. The maximum absolute atomic E-state index is 12.1. The van der Waals surface area contributed by atoms with Crippen LogP contribution in [0.1, 0.15) is 0 Å². The highest BCUT2D eigenvalue weighted by atomic mass is 16.5. The third kappa shape index (κ3) is 2.29. The first-order valence-electron chi connectivity index (χ1n) is 6.22. The van der Waals surface area contributed by atoms with Crippen molar-refractivity contribution in [3.8, 4) is 5.75 Å². The lowest BCUT2D eigenvalue weighted by molar-refractivity contribution is 0.121. The number of anilines is 1. The number of rotatable bonds is 2. The second-order valence-electron chi connectivity index (χ2n) is 4.41. The molecule has 0 radical (unpaired) electrons. The Morgan fingerprint density at radius 1 is 1.21 bits per heavy atom. The quantitative estimate of drug-likeness (QED) is 0.821. The van der Waals surface area contributed by atoms with Gasteiger partial charge in [-0.25, -0.2) is 0 Å². The van der Waals surface area contributed by atoms with Gasteiger partial charge in [-0.1, -0.05) is 0 Å². The molecule has 1 saturated heterocycles. The van der Waals surface area contributed by atoms with Crippen molar-refractivity contribution in [2.75, 3.05) is 38.3 Å². The van der Waals surface area contributed by atoms with Gasteiger partial charge in [0.05, 0.1) is 25.7 Å². The Hall–Kier alpha value is -2.01. The van der Waals surface area contributed by atoms with Crippen LogP contribution in [-0.4, -0.2) is 33.4 Å². The minimum absolute atomic E-state index is 0.0540. The molecule has 0 atom stereocenters. The monoisotopic (exact) mass is 260 g/mol. The highest BCUT2D eigenvalue weighted by molar-refractivity contribution is 5.79. The SMILES string of the molecule is [11CH3]Oc1ccc2oc(N3CCOCC3)cc(=O)c2c1. The minimum atomic E-state index is -0.0540. The molecule has 0 N–H and O–H groups in total. The molecule has 1 aromatic heterocycles. The number of methoxy groups -OCH3 is 1. The molecule has 1 aliphatic heterocycles. The zero-order valence-electron chi connectivity index (χ0n) is 10.7. The van der Waals surface area contributed by atoms with E-state index in [2.05, 4.69) is 0 Å². The number of hydrogen-bond acceptors (Lipinski definition) is 5. The van der Waals surface area contributed by atoms with Crippen molar-refractivity contribution < 1.29 is 13.9 Å². The highest BCUT2D eigenvalue weighted by Gasteiger charge is 2.15. The summed E-state index contributed by atoms with van der Waals surface area (Å²) in [5.74, 6) is 1.25. The summed E-state index contributed by atoms with van der Waals surface area (Å²) in [5.41, 5.74) is 0.524. The van der Waals surface area contributed by atoms with Crippen molar-refractivity contribution >= 4 is 16.9 Å². The summed E-state index contributed by atoms with van der Waals surface area (Å²) in [6.07, 6.45) is 0. The molecular weight excluding hydrogens is 245 g/mol. The van der Waals surface area contributed by atoms with Crippen LogP contribution in [0.15, 0.2) is 33.5 Å². The Kier molecular flexibility index (Phi) is 3.13. The van der Waals surface area contributed by atoms with E-state index in [0.29, 0.717) is 35.8 Å². The smallest absolute Gasteiger partial charge is 0.200 e. The number of fused-ring (bicyclic) bond motifs is 1. The van der Waals surface area contributed by atoms with E-state index < -0.39 is 0 Å². The van der Waals surface area contributed by atoms with Crippen LogP contribution in [0.25, 0.3) is 11.0 Å². The van der Waals surface area contributed by atoms with E-state index in [1.807, 2.05) is 4.90 Å². The summed E-state index contributed by atoms with van der Waals surface area (Å²) in [7, 11) is 1.57. The molecule has 0 aliphatic carbocycles. The highest BCUT2D eigenvalue weighted by Crippen LogP contribution is 2.23. The molecular formula is C14H15NO4. The molecule has 5 nitrogen and oxygen atoms in total. The molecule has 2 aromatic rings. The molecule has 0 amide bonds. The third-order valence-corrected chi connectivity index (χ3v) is 3.24. The minimum Gasteiger partial charge on any atom is -0.497 e. The Morgan fingerprint density at radius 2 is 2.00 bits per heavy atom. The molecule has 3 rings (SSSR count). The number of hydrogen-bond donors (Lipinski definition) is 0. The molecule has 100 valence electrons. The van der Waals surface area contributed by atoms with E-state index in [4.69, 9.17) is 13.9 Å². The molecule has 1 fully saturated rings. The third-order valence-electron chi connectivity index (χ3n) is 3.24. The molecule has 19 heavy (non-hydrogen) atoms. The van der Waals surface area contributed by atoms with E-state index >= 15 is 0 Å². The molecule has 1 aliphatic rings. The predicted octanol–water partition coefficient (Wildman–Crippen LogP) is 1.64. The maximum atomic E-state index is 12.1. The van der Waals surface area contributed by atoms with Gasteiger partial charge < -0.3 is 18.8 Å². The fourth-order valence-corrected chi connectivity index (χ4v) is 2.19. The second-order valence-corrected chi connectivity index (χ2v) is 4.41. The van der Waals surface area contributed by atoms with Gasteiger partial charge in [0.1, 0.15) is 11.3 Å². The summed E-state index contributed by atoms with van der Waals surface area (Å²) in [4.78, 5) is 14.2. The average Bonchev–Trinajstić information content (AvgIpc) is 2.48. The van der Waals surface area contributed by atoms with E-state index in [0.717, 1.165) is 13.1 Å². The molecule has 0 spiro atoms. The van der Waals surface area contributed by atoms with Gasteiger partial charge in [-0.3, -0.25) is 4.79 Å². The van der Waals surface area contributed by atoms with E-state index in [-0.39, 0.29) is 5.43 Å². The topological polar surface area (TPSA) is 51.9 Å². The lowest BCUT2D eigenvalue weighted by atomic mass is 10.2. The van der Waals surface area contributed by atoms with Gasteiger partial charge in [-0.05, 0) is 18.2 Å². The van der Waals surface area contributed by atoms with E-state index in [1.54, 1.807) is 25.3 Å². The number of nitrogens with zero attached hydrogens (tertiary/aromatic N) is 1. The van der Waals surface area contributed by atoms with Gasteiger partial charge in [-0.15, -0.1) is 0 Å². The molecule has 2 heterocycles. The van der Waals surface area contributed by atoms with Crippen molar-refractivity contribution in [1.82, 2.24) is 0 Å². The molecule has 0 saturated carbocycles. The van der Waals surface area contributed by atoms with Crippen LogP contribution in [0.3, 0.4) is 0 Å². The lowest BCUT2D eigenvalue weighted by Crippen LogP contribution is -2.36. The van der Waals surface area contributed by atoms with Crippen LogP contribution in [0.5, 0.6) is 5.75 Å². The van der Waals surface area contributed by atoms with Gasteiger partial charge in [0.25, 0.3) is 0 Å². The van der Waals surface area contributed by atoms with Gasteiger partial charge in [0, 0.05) is 19.2 Å². The van der Waals surface area contributed by atoms with Crippen LogP contribution in [-0.2, 0) is 4.74 Å². The van der Waals surface area contributed by atoms with Gasteiger partial charge in [-0.2, -0.15) is 0 Å². The van der Waals surface area contributed by atoms with Crippen LogP contribution in [0.2, 0.25) is 0 Å². The lowest BCUT2D eigenvalue weighted by Gasteiger charge is -2.27. The summed E-state index contributed by atoms with van der Waals surface area (Å²) in [6.45, 7) is 2.80. The van der Waals surface area contributed by atoms with Crippen LogP contribution >= 0.6 is 0 Å². The molecule has 5 heteroatoms. The average molecular weight is 260 g/mol. The van der Waals surface area contributed by atoms with Crippen molar-refractivity contribution in [3.05, 3.63) is 34.5 Å². The fraction of sp³-hybridized carbons (Fsp3) is 0.357. The Labute approximate surface area is 110 Å². The molecule has 0 unspecified atom stereocenters. The molecule has 0 bridgehead atoms. The van der Waals surface area contributed by atoms with E-state index in [9.17, 15) is 4.79 Å². The number of morpholine rings is 1. The first-order valence-corrected chi connectivity index (χ1v) is 6.22.